The fourth-order valence-electron chi connectivity index (χ4n) is 3.69. The van der Waals surface area contributed by atoms with Crippen molar-refractivity contribution in [2.75, 3.05) is 18.0 Å². The Labute approximate surface area is 152 Å². The average molecular weight is 379 g/mol. The fourth-order valence-corrected chi connectivity index (χ4v) is 5.48. The van der Waals surface area contributed by atoms with Gasteiger partial charge < -0.3 is 4.90 Å². The van der Waals surface area contributed by atoms with Gasteiger partial charge in [0.2, 0.25) is 10.0 Å². The molecule has 0 saturated carbocycles. The zero-order chi connectivity index (χ0) is 17.3. The van der Waals surface area contributed by atoms with Gasteiger partial charge in [0.05, 0.1) is 22.8 Å². The maximum Gasteiger partial charge on any atom is 0.240 e. The van der Waals surface area contributed by atoms with Crippen molar-refractivity contribution in [3.63, 3.8) is 0 Å². The highest BCUT2D eigenvalue weighted by Crippen LogP contribution is 2.25. The third kappa shape index (κ3) is 3.70. The van der Waals surface area contributed by atoms with E-state index in [0.717, 1.165) is 51.0 Å². The van der Waals surface area contributed by atoms with Crippen LogP contribution < -0.4 is 9.62 Å². The Morgan fingerprint density at radius 1 is 1.12 bits per heavy atom. The van der Waals surface area contributed by atoms with Gasteiger partial charge in [-0.2, -0.15) is 8.75 Å². The van der Waals surface area contributed by atoms with Gasteiger partial charge in [-0.1, -0.05) is 6.07 Å². The molecule has 0 radical (unpaired) electrons. The SMILES string of the molecule is O=S(=O)(NC1CCN(c2cnsn2)CC1)c1ccc2c(c1)CCCC2. The highest BCUT2D eigenvalue weighted by Gasteiger charge is 2.26. The van der Waals surface area contributed by atoms with Crippen molar-refractivity contribution in [1.82, 2.24) is 13.5 Å². The molecule has 8 heteroatoms. The summed E-state index contributed by atoms with van der Waals surface area (Å²) in [6.07, 6.45) is 7.72. The smallest absolute Gasteiger partial charge is 0.240 e. The van der Waals surface area contributed by atoms with Gasteiger partial charge in [0.1, 0.15) is 0 Å². The molecule has 0 spiro atoms. The van der Waals surface area contributed by atoms with Crippen molar-refractivity contribution in [2.45, 2.75) is 49.5 Å². The van der Waals surface area contributed by atoms with E-state index in [0.29, 0.717) is 4.90 Å². The van der Waals surface area contributed by atoms with Crippen molar-refractivity contribution >= 4 is 27.6 Å². The standard InChI is InChI=1S/C17H22N4O2S2/c22-25(23,16-6-5-13-3-1-2-4-14(13)11-16)20-15-7-9-21(10-8-15)17-12-18-24-19-17/h5-6,11-12,15,20H,1-4,7-10H2. The number of sulfonamides is 1. The van der Waals surface area contributed by atoms with Crippen LogP contribution in [0.25, 0.3) is 0 Å². The van der Waals surface area contributed by atoms with Gasteiger partial charge in [-0.05, 0) is 61.8 Å². The van der Waals surface area contributed by atoms with Crippen LogP contribution in [0.4, 0.5) is 5.82 Å². The number of rotatable bonds is 4. The van der Waals surface area contributed by atoms with Gasteiger partial charge in [0.15, 0.2) is 5.82 Å². The summed E-state index contributed by atoms with van der Waals surface area (Å²) in [6, 6.07) is 5.58. The molecule has 2 heterocycles. The molecule has 1 fully saturated rings. The first-order valence-corrected chi connectivity index (χ1v) is 11.0. The lowest BCUT2D eigenvalue weighted by Crippen LogP contribution is -2.44. The highest BCUT2D eigenvalue weighted by molar-refractivity contribution is 7.89. The van der Waals surface area contributed by atoms with Gasteiger partial charge in [-0.3, -0.25) is 0 Å². The molecule has 6 nitrogen and oxygen atoms in total. The van der Waals surface area contributed by atoms with E-state index in [1.54, 1.807) is 12.3 Å². The first kappa shape index (κ1) is 16.9. The Bertz CT molecular complexity index is 828. The number of aromatic nitrogens is 2. The summed E-state index contributed by atoms with van der Waals surface area (Å²) in [5, 5.41) is 0. The molecule has 25 heavy (non-hydrogen) atoms. The first-order valence-electron chi connectivity index (χ1n) is 8.78. The minimum atomic E-state index is -3.46. The van der Waals surface area contributed by atoms with E-state index in [1.807, 2.05) is 12.1 Å². The molecule has 2 aromatic rings. The van der Waals surface area contributed by atoms with Crippen molar-refractivity contribution in [1.29, 1.82) is 0 Å². The second-order valence-corrected chi connectivity index (χ2v) is 9.06. The molecule has 1 aromatic carbocycles. The summed E-state index contributed by atoms with van der Waals surface area (Å²) >= 11 is 1.20. The Balaban J connectivity index is 1.42. The van der Waals surface area contributed by atoms with Crippen molar-refractivity contribution in [2.24, 2.45) is 0 Å². The Kier molecular flexibility index (Phi) is 4.75. The summed E-state index contributed by atoms with van der Waals surface area (Å²) in [5.74, 6) is 0.890. The Hall–Kier alpha value is -1.51. The normalized spacial score (nSPS) is 19.0. The lowest BCUT2D eigenvalue weighted by molar-refractivity contribution is 0.459. The number of piperidine rings is 1. The summed E-state index contributed by atoms with van der Waals surface area (Å²) in [6.45, 7) is 1.59. The minimum Gasteiger partial charge on any atom is -0.354 e. The van der Waals surface area contributed by atoms with E-state index >= 15 is 0 Å². The first-order chi connectivity index (χ1) is 12.1. The number of nitrogens with zero attached hydrogens (tertiary/aromatic N) is 3. The van der Waals surface area contributed by atoms with E-state index in [9.17, 15) is 8.42 Å². The summed E-state index contributed by atoms with van der Waals surface area (Å²) in [4.78, 5) is 2.56. The maximum absolute atomic E-state index is 12.8. The third-order valence-electron chi connectivity index (χ3n) is 5.12. The van der Waals surface area contributed by atoms with E-state index in [4.69, 9.17) is 0 Å². The second kappa shape index (κ2) is 7.01. The van der Waals surface area contributed by atoms with Crippen LogP contribution >= 0.6 is 11.7 Å². The Morgan fingerprint density at radius 3 is 2.60 bits per heavy atom. The molecule has 0 bridgehead atoms. The number of fused-ring (bicyclic) bond motifs is 1. The van der Waals surface area contributed by atoms with Crippen LogP contribution in [0.15, 0.2) is 29.3 Å². The topological polar surface area (TPSA) is 75.2 Å². The lowest BCUT2D eigenvalue weighted by Gasteiger charge is -2.32. The summed E-state index contributed by atoms with van der Waals surface area (Å²) in [7, 11) is -3.46. The zero-order valence-corrected chi connectivity index (χ0v) is 15.7. The minimum absolute atomic E-state index is 0.0242. The van der Waals surface area contributed by atoms with Gasteiger partial charge >= 0.3 is 0 Å². The van der Waals surface area contributed by atoms with Crippen LogP contribution in [-0.4, -0.2) is 36.3 Å². The van der Waals surface area contributed by atoms with E-state index in [1.165, 1.54) is 29.3 Å². The van der Waals surface area contributed by atoms with Crippen LogP contribution in [0, 0.1) is 0 Å². The molecule has 0 unspecified atom stereocenters. The highest BCUT2D eigenvalue weighted by atomic mass is 32.2. The Morgan fingerprint density at radius 2 is 1.88 bits per heavy atom. The molecule has 1 saturated heterocycles. The van der Waals surface area contributed by atoms with Crippen LogP contribution in [0.5, 0.6) is 0 Å². The average Bonchev–Trinajstić information content (AvgIpc) is 3.16. The molecule has 1 N–H and O–H groups in total. The molecule has 2 aliphatic rings. The number of anilines is 1. The molecule has 1 aromatic heterocycles. The van der Waals surface area contributed by atoms with Crippen molar-refractivity contribution in [3.8, 4) is 0 Å². The zero-order valence-electron chi connectivity index (χ0n) is 14.0. The predicted octanol–water partition coefficient (Wildman–Crippen LogP) is 2.36. The summed E-state index contributed by atoms with van der Waals surface area (Å²) in [5.41, 5.74) is 2.50. The molecule has 1 aliphatic heterocycles. The van der Waals surface area contributed by atoms with Gasteiger partial charge in [0, 0.05) is 19.1 Å². The van der Waals surface area contributed by atoms with E-state index < -0.39 is 10.0 Å². The van der Waals surface area contributed by atoms with Crippen LogP contribution in [-0.2, 0) is 22.9 Å². The van der Waals surface area contributed by atoms with Crippen molar-refractivity contribution in [3.05, 3.63) is 35.5 Å². The number of nitrogens with one attached hydrogen (secondary N) is 1. The quantitative estimate of drug-likeness (QED) is 0.884. The predicted molar refractivity (Wildman–Crippen MR) is 98.5 cm³/mol. The van der Waals surface area contributed by atoms with Crippen LogP contribution in [0.1, 0.15) is 36.8 Å². The third-order valence-corrected chi connectivity index (χ3v) is 7.11. The maximum atomic E-state index is 12.8. The fraction of sp³-hybridized carbons (Fsp3) is 0.529. The molecule has 1 aliphatic carbocycles. The molecule has 0 atom stereocenters. The van der Waals surface area contributed by atoms with Crippen molar-refractivity contribution < 1.29 is 8.42 Å². The van der Waals surface area contributed by atoms with Crippen LogP contribution in [0.3, 0.4) is 0 Å². The van der Waals surface area contributed by atoms with Gasteiger partial charge in [0.25, 0.3) is 0 Å². The number of aryl methyl sites for hydroxylation is 2. The molecule has 4 rings (SSSR count). The van der Waals surface area contributed by atoms with Gasteiger partial charge in [-0.25, -0.2) is 13.1 Å². The lowest BCUT2D eigenvalue weighted by atomic mass is 9.92. The molecule has 134 valence electrons. The largest absolute Gasteiger partial charge is 0.354 e. The van der Waals surface area contributed by atoms with Crippen LogP contribution in [0.2, 0.25) is 0 Å². The van der Waals surface area contributed by atoms with Gasteiger partial charge in [-0.15, -0.1) is 0 Å². The van der Waals surface area contributed by atoms with E-state index in [2.05, 4.69) is 18.4 Å². The summed E-state index contributed by atoms with van der Waals surface area (Å²) < 4.78 is 36.7. The number of hydrogen-bond acceptors (Lipinski definition) is 6. The molecule has 0 amide bonds. The number of benzene rings is 1. The molecular formula is C17H22N4O2S2. The monoisotopic (exact) mass is 378 g/mol. The molecular weight excluding hydrogens is 356 g/mol. The number of hydrogen-bond donors (Lipinski definition) is 1. The second-order valence-electron chi connectivity index (χ2n) is 6.79. The van der Waals surface area contributed by atoms with E-state index in [-0.39, 0.29) is 6.04 Å².